The number of nitrogens with one attached hydrogen (secondary N) is 2. The molecule has 0 atom stereocenters. The fourth-order valence-corrected chi connectivity index (χ4v) is 3.06. The van der Waals surface area contributed by atoms with Gasteiger partial charge < -0.3 is 10.1 Å². The summed E-state index contributed by atoms with van der Waals surface area (Å²) in [5, 5.41) is 5.86. The molecule has 0 spiro atoms. The smallest absolute Gasteiger partial charge is 0.257 e. The lowest BCUT2D eigenvalue weighted by Crippen LogP contribution is -2.34. The molecule has 0 aliphatic carbocycles. The first kappa shape index (κ1) is 17.2. The first-order chi connectivity index (χ1) is 10.5. The van der Waals surface area contributed by atoms with Crippen LogP contribution in [0.15, 0.2) is 46.9 Å². The van der Waals surface area contributed by atoms with Gasteiger partial charge in [-0.25, -0.2) is 0 Å². The van der Waals surface area contributed by atoms with E-state index in [4.69, 9.17) is 17.0 Å². The fourth-order valence-electron chi connectivity index (χ4n) is 1.71. The van der Waals surface area contributed by atoms with Crippen LogP contribution in [-0.4, -0.2) is 18.1 Å². The van der Waals surface area contributed by atoms with Gasteiger partial charge in [0.05, 0.1) is 10.7 Å². The summed E-state index contributed by atoms with van der Waals surface area (Å²) in [5.41, 5.74) is 1.31. The van der Waals surface area contributed by atoms with Crippen LogP contribution in [0.5, 0.6) is 5.75 Å². The van der Waals surface area contributed by atoms with E-state index in [1.54, 1.807) is 25.3 Å². The quantitative estimate of drug-likeness (QED) is 0.500. The predicted octanol–water partition coefficient (Wildman–Crippen LogP) is 4.19. The third-order valence-corrected chi connectivity index (χ3v) is 4.26. The van der Waals surface area contributed by atoms with Crippen LogP contribution in [0.3, 0.4) is 0 Å². The Kier molecular flexibility index (Phi) is 6.16. The third-order valence-electron chi connectivity index (χ3n) is 2.72. The van der Waals surface area contributed by atoms with Crippen molar-refractivity contribution in [3.8, 4) is 5.75 Å². The molecule has 2 aromatic rings. The summed E-state index contributed by atoms with van der Waals surface area (Å²) >= 11 is 10.6. The van der Waals surface area contributed by atoms with Crippen molar-refractivity contribution >= 4 is 67.4 Å². The molecule has 2 N–H and O–H groups in total. The number of amides is 1. The van der Waals surface area contributed by atoms with E-state index in [0.717, 1.165) is 19.5 Å². The number of benzene rings is 2. The molecule has 2 rings (SSSR count). The average Bonchev–Trinajstić information content (AvgIpc) is 2.46. The normalized spacial score (nSPS) is 9.95. The van der Waals surface area contributed by atoms with Crippen molar-refractivity contribution in [1.82, 2.24) is 5.32 Å². The summed E-state index contributed by atoms with van der Waals surface area (Å²) in [6.45, 7) is 0. The van der Waals surface area contributed by atoms with Crippen molar-refractivity contribution < 1.29 is 9.53 Å². The molecule has 0 saturated carbocycles. The molecule has 0 saturated heterocycles. The lowest BCUT2D eigenvalue weighted by Gasteiger charge is -2.10. The van der Waals surface area contributed by atoms with Gasteiger partial charge >= 0.3 is 0 Å². The number of hydrogen-bond acceptors (Lipinski definition) is 3. The highest BCUT2D eigenvalue weighted by atomic mass is 127. The molecule has 0 aromatic heterocycles. The van der Waals surface area contributed by atoms with Crippen molar-refractivity contribution in [3.05, 3.63) is 56.1 Å². The van der Waals surface area contributed by atoms with Gasteiger partial charge in [-0.05, 0) is 71.2 Å². The minimum Gasteiger partial charge on any atom is -0.496 e. The van der Waals surface area contributed by atoms with Crippen molar-refractivity contribution in [1.29, 1.82) is 0 Å². The van der Waals surface area contributed by atoms with E-state index in [1.807, 2.05) is 24.3 Å². The Morgan fingerprint density at radius 1 is 1.27 bits per heavy atom. The molecule has 0 heterocycles. The van der Waals surface area contributed by atoms with E-state index in [9.17, 15) is 4.79 Å². The van der Waals surface area contributed by atoms with Gasteiger partial charge in [0.1, 0.15) is 5.75 Å². The Labute approximate surface area is 155 Å². The molecule has 0 aliphatic rings. The number of anilines is 1. The summed E-state index contributed by atoms with van der Waals surface area (Å²) in [6.07, 6.45) is 0. The van der Waals surface area contributed by atoms with Crippen LogP contribution in [0.2, 0.25) is 0 Å². The van der Waals surface area contributed by atoms with E-state index in [0.29, 0.717) is 5.56 Å². The highest BCUT2D eigenvalue weighted by molar-refractivity contribution is 14.1. The standard InChI is InChI=1S/C15H12BrIN2O2S/c1-21-13-6-5-9(7-12(13)17)14(20)19-15(22)18-11-4-2-3-10(16)8-11/h2-8H,1H3,(H2,18,19,20,22). The van der Waals surface area contributed by atoms with Crippen LogP contribution in [0.25, 0.3) is 0 Å². The number of carbonyl (C=O) groups excluding carboxylic acids is 1. The number of hydrogen-bond donors (Lipinski definition) is 2. The largest absolute Gasteiger partial charge is 0.496 e. The summed E-state index contributed by atoms with van der Waals surface area (Å²) in [5.74, 6) is 0.458. The van der Waals surface area contributed by atoms with Crippen LogP contribution in [-0.2, 0) is 0 Å². The Morgan fingerprint density at radius 2 is 2.05 bits per heavy atom. The number of methoxy groups -OCH3 is 1. The molecule has 7 heteroatoms. The Bertz CT molecular complexity index is 724. The highest BCUT2D eigenvalue weighted by Gasteiger charge is 2.10. The van der Waals surface area contributed by atoms with E-state index in [2.05, 4.69) is 49.2 Å². The van der Waals surface area contributed by atoms with E-state index >= 15 is 0 Å². The highest BCUT2D eigenvalue weighted by Crippen LogP contribution is 2.21. The predicted molar refractivity (Wildman–Crippen MR) is 104 cm³/mol. The molecular weight excluding hydrogens is 479 g/mol. The molecule has 114 valence electrons. The van der Waals surface area contributed by atoms with Gasteiger partial charge in [0.15, 0.2) is 5.11 Å². The number of halogens is 2. The first-order valence-electron chi connectivity index (χ1n) is 6.21. The lowest BCUT2D eigenvalue weighted by molar-refractivity contribution is 0.0977. The molecule has 0 radical (unpaired) electrons. The summed E-state index contributed by atoms with van der Waals surface area (Å²) in [6, 6.07) is 12.7. The van der Waals surface area contributed by atoms with Crippen LogP contribution >= 0.6 is 50.7 Å². The SMILES string of the molecule is COc1ccc(C(=O)NC(=S)Nc2cccc(Br)c2)cc1I. The van der Waals surface area contributed by atoms with Crippen LogP contribution in [0.4, 0.5) is 5.69 Å². The zero-order chi connectivity index (χ0) is 16.1. The maximum absolute atomic E-state index is 12.2. The summed E-state index contributed by atoms with van der Waals surface area (Å²) in [7, 11) is 1.59. The molecule has 0 aliphatic heterocycles. The monoisotopic (exact) mass is 490 g/mol. The van der Waals surface area contributed by atoms with Crippen molar-refractivity contribution in [2.75, 3.05) is 12.4 Å². The average molecular weight is 491 g/mol. The zero-order valence-corrected chi connectivity index (χ0v) is 16.1. The van der Waals surface area contributed by atoms with Gasteiger partial charge in [-0.15, -0.1) is 0 Å². The van der Waals surface area contributed by atoms with Crippen LogP contribution in [0, 0.1) is 3.57 Å². The topological polar surface area (TPSA) is 50.4 Å². The number of ether oxygens (including phenoxy) is 1. The Balaban J connectivity index is 2.02. The lowest BCUT2D eigenvalue weighted by atomic mass is 10.2. The van der Waals surface area contributed by atoms with Crippen molar-refractivity contribution in [2.24, 2.45) is 0 Å². The minimum absolute atomic E-state index is 0.244. The maximum atomic E-state index is 12.2. The van der Waals surface area contributed by atoms with Gasteiger partial charge in [-0.3, -0.25) is 10.1 Å². The van der Waals surface area contributed by atoms with Crippen LogP contribution in [0.1, 0.15) is 10.4 Å². The van der Waals surface area contributed by atoms with Gasteiger partial charge in [0.25, 0.3) is 5.91 Å². The molecule has 22 heavy (non-hydrogen) atoms. The number of rotatable bonds is 3. The van der Waals surface area contributed by atoms with E-state index in [1.165, 1.54) is 0 Å². The Morgan fingerprint density at radius 3 is 2.68 bits per heavy atom. The van der Waals surface area contributed by atoms with Crippen molar-refractivity contribution in [2.45, 2.75) is 0 Å². The van der Waals surface area contributed by atoms with Gasteiger partial charge in [0.2, 0.25) is 0 Å². The first-order valence-corrected chi connectivity index (χ1v) is 8.49. The zero-order valence-electron chi connectivity index (χ0n) is 11.5. The van der Waals surface area contributed by atoms with Crippen molar-refractivity contribution in [3.63, 3.8) is 0 Å². The molecule has 2 aromatic carbocycles. The molecule has 0 fully saturated rings. The molecule has 0 unspecified atom stereocenters. The second-order valence-corrected chi connectivity index (χ2v) is 6.75. The van der Waals surface area contributed by atoms with E-state index < -0.39 is 0 Å². The Hall–Kier alpha value is -1.19. The summed E-state index contributed by atoms with van der Waals surface area (Å²) < 4.78 is 6.96. The second kappa shape index (κ2) is 7.89. The third kappa shape index (κ3) is 4.65. The molecule has 0 bridgehead atoms. The molecular formula is C15H12BrIN2O2S. The fraction of sp³-hybridized carbons (Fsp3) is 0.0667. The number of thiocarbonyl (C=S) groups is 1. The minimum atomic E-state index is -0.270. The van der Waals surface area contributed by atoms with Gasteiger partial charge in [-0.2, -0.15) is 0 Å². The summed E-state index contributed by atoms with van der Waals surface area (Å²) in [4.78, 5) is 12.2. The van der Waals surface area contributed by atoms with Gasteiger partial charge in [0, 0.05) is 15.7 Å². The maximum Gasteiger partial charge on any atom is 0.257 e. The molecule has 4 nitrogen and oxygen atoms in total. The number of carbonyl (C=O) groups is 1. The second-order valence-electron chi connectivity index (χ2n) is 4.27. The molecule has 1 amide bonds. The van der Waals surface area contributed by atoms with E-state index in [-0.39, 0.29) is 11.0 Å². The van der Waals surface area contributed by atoms with Crippen LogP contribution < -0.4 is 15.4 Å². The van der Waals surface area contributed by atoms with Gasteiger partial charge in [-0.1, -0.05) is 22.0 Å².